The van der Waals surface area contributed by atoms with E-state index >= 15 is 0 Å². The number of carboxylic acid groups (broad SMARTS) is 1. The number of rotatable bonds is 19. The van der Waals surface area contributed by atoms with Crippen LogP contribution in [0.1, 0.15) is 92.3 Å². The van der Waals surface area contributed by atoms with Crippen LogP contribution in [0.2, 0.25) is 0 Å². The highest BCUT2D eigenvalue weighted by molar-refractivity contribution is 5.87. The Balaban J connectivity index is 0.000000228. The minimum atomic E-state index is -0.897. The van der Waals surface area contributed by atoms with Crippen molar-refractivity contribution in [3.63, 3.8) is 0 Å². The van der Waals surface area contributed by atoms with Gasteiger partial charge in [0.2, 0.25) is 11.8 Å². The molecule has 2 heterocycles. The molecule has 326 valence electrons. The summed E-state index contributed by atoms with van der Waals surface area (Å²) in [6.45, 7) is 15.1. The van der Waals surface area contributed by atoms with Crippen LogP contribution in [0.25, 0.3) is 22.9 Å². The smallest absolute Gasteiger partial charge is 0.335 e. The first-order valence-corrected chi connectivity index (χ1v) is 21.0. The molecule has 0 bridgehead atoms. The minimum Gasteiger partial charge on any atom is -0.481 e. The third-order valence-electron chi connectivity index (χ3n) is 10.7. The first-order valence-electron chi connectivity index (χ1n) is 21.0. The largest absolute Gasteiger partial charge is 0.481 e. The summed E-state index contributed by atoms with van der Waals surface area (Å²) in [5, 5.41) is 9.22. The lowest BCUT2D eigenvalue weighted by molar-refractivity contribution is -0.148. The van der Waals surface area contributed by atoms with Crippen molar-refractivity contribution in [3.8, 4) is 22.9 Å². The highest BCUT2D eigenvalue weighted by Gasteiger charge is 2.27. The summed E-state index contributed by atoms with van der Waals surface area (Å²) in [6, 6.07) is 16.2. The van der Waals surface area contributed by atoms with Gasteiger partial charge in [-0.25, -0.2) is 14.8 Å². The lowest BCUT2D eigenvalue weighted by atomic mass is 9.94. The van der Waals surface area contributed by atoms with Gasteiger partial charge in [0, 0.05) is 18.2 Å². The molecule has 2 aromatic carbocycles. The normalized spacial score (nSPS) is 19.6. The number of nitrogens with zero attached hydrogens (tertiary/aromatic N) is 2. The van der Waals surface area contributed by atoms with Gasteiger partial charge in [-0.15, -0.1) is 0 Å². The quantitative estimate of drug-likeness (QED) is 0.0704. The van der Waals surface area contributed by atoms with Gasteiger partial charge < -0.3 is 42.4 Å². The molecule has 4 aromatic rings. The summed E-state index contributed by atoms with van der Waals surface area (Å²) >= 11 is 0. The zero-order valence-corrected chi connectivity index (χ0v) is 36.0. The SMILES string of the molecule is C=C(CO[C@@H]1CCC[C@H](OCc2nc(-c3cccc(C)c3)oc2C)C1)C(=O)OCC.COCC(CO[C@@H]1CCC[C@H](OCc2nc(-c3cccc(C)c3)oc2C)C1)C(=O)O. The third-order valence-corrected chi connectivity index (χ3v) is 10.7. The molecule has 2 aromatic heterocycles. The van der Waals surface area contributed by atoms with E-state index in [0.29, 0.717) is 37.2 Å². The summed E-state index contributed by atoms with van der Waals surface area (Å²) in [6.07, 6.45) is 7.58. The number of methoxy groups -OCH3 is 1. The van der Waals surface area contributed by atoms with Crippen LogP contribution in [0.5, 0.6) is 0 Å². The van der Waals surface area contributed by atoms with Crippen molar-refractivity contribution in [1.82, 2.24) is 9.97 Å². The van der Waals surface area contributed by atoms with E-state index in [9.17, 15) is 14.7 Å². The number of aryl methyl sites for hydroxylation is 4. The van der Waals surface area contributed by atoms with E-state index in [-0.39, 0.29) is 44.2 Å². The summed E-state index contributed by atoms with van der Waals surface area (Å²) in [5.41, 5.74) is 6.23. The monoisotopic (exact) mass is 830 g/mol. The maximum absolute atomic E-state index is 11.7. The fourth-order valence-electron chi connectivity index (χ4n) is 7.28. The first-order chi connectivity index (χ1) is 28.9. The highest BCUT2D eigenvalue weighted by Crippen LogP contribution is 2.29. The summed E-state index contributed by atoms with van der Waals surface area (Å²) in [5.74, 6) is 0.835. The van der Waals surface area contributed by atoms with Gasteiger partial charge in [-0.3, -0.25) is 4.79 Å². The number of ether oxygens (including phenoxy) is 6. The molecule has 1 unspecified atom stereocenters. The fraction of sp³-hybridized carbons (Fsp3) is 0.532. The molecule has 60 heavy (non-hydrogen) atoms. The van der Waals surface area contributed by atoms with Crippen LogP contribution in [0.4, 0.5) is 0 Å². The molecule has 0 amide bonds. The van der Waals surface area contributed by atoms with Crippen molar-refractivity contribution < 1.29 is 52.0 Å². The zero-order valence-electron chi connectivity index (χ0n) is 36.0. The molecule has 2 aliphatic rings. The Kier molecular flexibility index (Phi) is 18.1. The van der Waals surface area contributed by atoms with Gasteiger partial charge in [0.05, 0.1) is 69.6 Å². The van der Waals surface area contributed by atoms with Crippen LogP contribution in [0, 0.1) is 33.6 Å². The van der Waals surface area contributed by atoms with Crippen molar-refractivity contribution in [2.24, 2.45) is 5.92 Å². The van der Waals surface area contributed by atoms with E-state index in [4.69, 9.17) is 37.3 Å². The van der Waals surface area contributed by atoms with Crippen molar-refractivity contribution in [2.75, 3.05) is 33.5 Å². The molecular formula is C47H62N2O11. The van der Waals surface area contributed by atoms with Gasteiger partial charge in [0.1, 0.15) is 28.8 Å². The standard InChI is InChI=1S/C24H31NO5.C23H31NO6/c1-5-27-24(26)17(3)14-28-20-10-7-11-21(13-20)29-15-22-18(4)30-23(25-22)19-9-6-8-16(2)12-19;1-15-6-4-7-17(10-15)22-24-21(16(2)30-22)14-29-20-9-5-8-19(11-20)28-13-18(12-27-3)23(25)26/h6,8-9,12,20-21H,3,5,7,10-11,13-15H2,1-2,4H3;4,6-7,10,18-20H,5,8-9,11-14H2,1-3H3,(H,25,26)/t20-,21+;18?,19-,20+/m11/s1. The van der Waals surface area contributed by atoms with Crippen LogP contribution in [0.3, 0.4) is 0 Å². The number of carbonyl (C=O) groups is 2. The maximum Gasteiger partial charge on any atom is 0.335 e. The zero-order chi connectivity index (χ0) is 43.0. The summed E-state index contributed by atoms with van der Waals surface area (Å²) < 4.78 is 45.6. The second-order valence-corrected chi connectivity index (χ2v) is 15.7. The molecule has 2 aliphatic carbocycles. The number of esters is 1. The predicted octanol–water partition coefficient (Wildman–Crippen LogP) is 9.07. The number of oxazole rings is 2. The average Bonchev–Trinajstić information content (AvgIpc) is 3.81. The molecule has 0 spiro atoms. The Morgan fingerprint density at radius 1 is 0.750 bits per heavy atom. The Morgan fingerprint density at radius 3 is 1.68 bits per heavy atom. The molecule has 0 saturated heterocycles. The highest BCUT2D eigenvalue weighted by atomic mass is 16.5. The van der Waals surface area contributed by atoms with E-state index in [1.165, 1.54) is 12.7 Å². The topological polar surface area (TPSA) is 162 Å². The lowest BCUT2D eigenvalue weighted by Crippen LogP contribution is -2.32. The second-order valence-electron chi connectivity index (χ2n) is 15.7. The van der Waals surface area contributed by atoms with Crippen molar-refractivity contribution in [2.45, 2.75) is 124 Å². The summed E-state index contributed by atoms with van der Waals surface area (Å²) in [4.78, 5) is 32.1. The molecular weight excluding hydrogens is 769 g/mol. The van der Waals surface area contributed by atoms with E-state index in [0.717, 1.165) is 91.0 Å². The van der Waals surface area contributed by atoms with Gasteiger partial charge in [0.15, 0.2) is 0 Å². The molecule has 0 aliphatic heterocycles. The Morgan fingerprint density at radius 2 is 1.23 bits per heavy atom. The van der Waals surface area contributed by atoms with Gasteiger partial charge in [0.25, 0.3) is 0 Å². The first kappa shape index (κ1) is 46.4. The van der Waals surface area contributed by atoms with E-state index < -0.39 is 17.9 Å². The molecule has 1 N–H and O–H groups in total. The lowest BCUT2D eigenvalue weighted by Gasteiger charge is -2.29. The van der Waals surface area contributed by atoms with Gasteiger partial charge in [-0.1, -0.05) is 42.0 Å². The summed E-state index contributed by atoms with van der Waals surface area (Å²) in [7, 11) is 1.50. The molecule has 5 atom stereocenters. The third kappa shape index (κ3) is 14.2. The number of aliphatic carboxylic acids is 1. The van der Waals surface area contributed by atoms with E-state index in [1.807, 2.05) is 70.2 Å². The molecule has 2 fully saturated rings. The number of hydrogen-bond donors (Lipinski definition) is 1. The predicted molar refractivity (Wildman–Crippen MR) is 225 cm³/mol. The van der Waals surface area contributed by atoms with Crippen LogP contribution in [0.15, 0.2) is 69.5 Å². The van der Waals surface area contributed by atoms with Crippen LogP contribution >= 0.6 is 0 Å². The molecule has 6 rings (SSSR count). The number of carbonyl (C=O) groups excluding carboxylic acids is 1. The van der Waals surface area contributed by atoms with E-state index in [1.54, 1.807) is 6.92 Å². The number of benzene rings is 2. The van der Waals surface area contributed by atoms with Gasteiger partial charge in [-0.05, 0) is 110 Å². The van der Waals surface area contributed by atoms with Gasteiger partial charge in [-0.2, -0.15) is 0 Å². The fourth-order valence-corrected chi connectivity index (χ4v) is 7.28. The minimum absolute atomic E-state index is 0.00344. The van der Waals surface area contributed by atoms with Crippen LogP contribution in [-0.4, -0.2) is 85.0 Å². The van der Waals surface area contributed by atoms with Crippen LogP contribution in [-0.2, 0) is 51.2 Å². The Labute approximate surface area is 353 Å². The molecule has 13 nitrogen and oxygen atoms in total. The van der Waals surface area contributed by atoms with Crippen molar-refractivity contribution in [1.29, 1.82) is 0 Å². The van der Waals surface area contributed by atoms with Gasteiger partial charge >= 0.3 is 11.9 Å². The van der Waals surface area contributed by atoms with Crippen molar-refractivity contribution >= 4 is 11.9 Å². The Bertz CT molecular complexity index is 1990. The van der Waals surface area contributed by atoms with Crippen molar-refractivity contribution in [3.05, 3.63) is 94.7 Å². The second kappa shape index (κ2) is 23.4. The average molecular weight is 831 g/mol. The number of carboxylic acids is 1. The van der Waals surface area contributed by atoms with E-state index in [2.05, 4.69) is 22.6 Å². The Hall–Kier alpha value is -4.66. The molecule has 13 heteroatoms. The number of hydrogen-bond acceptors (Lipinski definition) is 12. The number of aromatic nitrogens is 2. The molecule has 2 saturated carbocycles. The maximum atomic E-state index is 11.7. The molecule has 0 radical (unpaired) electrons. The van der Waals surface area contributed by atoms with Crippen LogP contribution < -0.4 is 0 Å².